The van der Waals surface area contributed by atoms with Crippen molar-refractivity contribution < 1.29 is 9.59 Å². The van der Waals surface area contributed by atoms with E-state index in [9.17, 15) is 9.59 Å². The number of carbonyl (C=O) groups excluding carboxylic acids is 2. The molecule has 0 spiro atoms. The Kier molecular flexibility index (Phi) is 5.17. The number of hydrogen-bond acceptors (Lipinski definition) is 5. The molecule has 4 aromatic rings. The van der Waals surface area contributed by atoms with Gasteiger partial charge in [-0.3, -0.25) is 25.5 Å². The fourth-order valence-corrected chi connectivity index (χ4v) is 4.05. The number of aromatic nitrogens is 4. The Hall–Kier alpha value is -3.59. The number of benzene rings is 2. The Labute approximate surface area is 182 Å². The monoisotopic (exact) mass is 432 g/mol. The number of H-pyrrole nitrogens is 2. The molecule has 156 valence electrons. The Bertz CT molecular complexity index is 1210. The Morgan fingerprint density at radius 3 is 2.58 bits per heavy atom. The van der Waals surface area contributed by atoms with E-state index < -0.39 is 5.91 Å². The minimum Gasteiger partial charge on any atom is -0.333 e. The van der Waals surface area contributed by atoms with E-state index in [0.717, 1.165) is 46.0 Å². The molecule has 8 nitrogen and oxygen atoms in total. The lowest BCUT2D eigenvalue weighted by atomic mass is 10.1. The second-order valence-corrected chi connectivity index (χ2v) is 8.40. The zero-order chi connectivity index (χ0) is 21.2. The van der Waals surface area contributed by atoms with Gasteiger partial charge >= 0.3 is 0 Å². The summed E-state index contributed by atoms with van der Waals surface area (Å²) in [5.41, 5.74) is 9.54. The lowest BCUT2D eigenvalue weighted by Gasteiger charge is -2.06. The lowest BCUT2D eigenvalue weighted by Crippen LogP contribution is -2.41. The molecular formula is C22H20N6O2S. The van der Waals surface area contributed by atoms with E-state index in [-0.39, 0.29) is 11.6 Å². The highest BCUT2D eigenvalue weighted by molar-refractivity contribution is 7.98. The molecule has 0 unspecified atom stereocenters. The van der Waals surface area contributed by atoms with Crippen molar-refractivity contribution in [1.29, 1.82) is 0 Å². The number of para-hydroxylation sites is 2. The molecule has 2 amide bonds. The quantitative estimate of drug-likeness (QED) is 0.275. The second kappa shape index (κ2) is 8.27. The van der Waals surface area contributed by atoms with Gasteiger partial charge in [0.15, 0.2) is 10.9 Å². The van der Waals surface area contributed by atoms with Gasteiger partial charge in [0.2, 0.25) is 0 Å². The molecule has 31 heavy (non-hydrogen) atoms. The summed E-state index contributed by atoms with van der Waals surface area (Å²) in [6, 6.07) is 16.9. The number of amides is 2. The van der Waals surface area contributed by atoms with Crippen LogP contribution in [0.3, 0.4) is 0 Å². The van der Waals surface area contributed by atoms with E-state index in [4.69, 9.17) is 0 Å². The summed E-state index contributed by atoms with van der Waals surface area (Å²) in [5, 5.41) is 7.73. The van der Waals surface area contributed by atoms with Crippen molar-refractivity contribution in [2.75, 3.05) is 0 Å². The molecule has 0 saturated heterocycles. The average Bonchev–Trinajstić information content (AvgIpc) is 3.37. The summed E-state index contributed by atoms with van der Waals surface area (Å²) in [4.78, 5) is 32.3. The molecule has 2 heterocycles. The number of imidazole rings is 1. The number of nitrogens with zero attached hydrogens (tertiary/aromatic N) is 2. The molecule has 1 aliphatic rings. The number of thioether (sulfide) groups is 1. The summed E-state index contributed by atoms with van der Waals surface area (Å²) in [6.07, 6.45) is 2.24. The van der Waals surface area contributed by atoms with Gasteiger partial charge in [-0.1, -0.05) is 36.0 Å². The smallest absolute Gasteiger partial charge is 0.290 e. The fraction of sp³-hybridized carbons (Fsp3) is 0.182. The Balaban J connectivity index is 1.13. The van der Waals surface area contributed by atoms with Gasteiger partial charge in [-0.2, -0.15) is 5.10 Å². The zero-order valence-corrected chi connectivity index (χ0v) is 17.3. The molecule has 1 aliphatic carbocycles. The molecule has 4 N–H and O–H groups in total. The third-order valence-corrected chi connectivity index (χ3v) is 6.04. The van der Waals surface area contributed by atoms with E-state index in [1.54, 1.807) is 30.0 Å². The van der Waals surface area contributed by atoms with Gasteiger partial charge in [0.25, 0.3) is 11.8 Å². The predicted molar refractivity (Wildman–Crippen MR) is 118 cm³/mol. The summed E-state index contributed by atoms with van der Waals surface area (Å²) in [6.45, 7) is 0. The van der Waals surface area contributed by atoms with Crippen LogP contribution in [0.1, 0.15) is 50.9 Å². The van der Waals surface area contributed by atoms with Crippen LogP contribution < -0.4 is 10.9 Å². The van der Waals surface area contributed by atoms with Crippen LogP contribution >= 0.6 is 11.8 Å². The van der Waals surface area contributed by atoms with Crippen molar-refractivity contribution in [2.45, 2.75) is 29.7 Å². The number of aromatic amines is 2. The van der Waals surface area contributed by atoms with Gasteiger partial charge in [0.05, 0.1) is 11.0 Å². The third kappa shape index (κ3) is 4.46. The molecule has 5 rings (SSSR count). The van der Waals surface area contributed by atoms with Crippen molar-refractivity contribution in [3.63, 3.8) is 0 Å². The fourth-order valence-electron chi connectivity index (χ4n) is 3.21. The van der Waals surface area contributed by atoms with Gasteiger partial charge in [-0.15, -0.1) is 0 Å². The highest BCUT2D eigenvalue weighted by Gasteiger charge is 2.26. The van der Waals surface area contributed by atoms with Crippen molar-refractivity contribution in [3.8, 4) is 0 Å². The highest BCUT2D eigenvalue weighted by Crippen LogP contribution is 2.38. The summed E-state index contributed by atoms with van der Waals surface area (Å²) in [7, 11) is 0. The minimum absolute atomic E-state index is 0.264. The van der Waals surface area contributed by atoms with Gasteiger partial charge in [-0.05, 0) is 48.7 Å². The van der Waals surface area contributed by atoms with Crippen LogP contribution in [0.2, 0.25) is 0 Å². The molecule has 0 aliphatic heterocycles. The van der Waals surface area contributed by atoms with Crippen LogP contribution in [-0.2, 0) is 5.75 Å². The van der Waals surface area contributed by atoms with Crippen molar-refractivity contribution in [2.24, 2.45) is 0 Å². The SMILES string of the molecule is O=C(NNC(=O)c1cc(C2CC2)[nH]n1)c1ccc(CSc2nc3ccccc3[nH]2)cc1. The number of nitrogens with one attached hydrogen (secondary N) is 4. The molecule has 1 fully saturated rings. The largest absolute Gasteiger partial charge is 0.333 e. The van der Waals surface area contributed by atoms with Crippen molar-refractivity contribution >= 4 is 34.6 Å². The normalized spacial score (nSPS) is 13.3. The maximum atomic E-state index is 12.3. The van der Waals surface area contributed by atoms with Crippen LogP contribution in [0.4, 0.5) is 0 Å². The molecule has 2 aromatic heterocycles. The first-order valence-corrected chi connectivity index (χ1v) is 11.0. The van der Waals surface area contributed by atoms with E-state index in [1.165, 1.54) is 0 Å². The number of carbonyl (C=O) groups is 2. The summed E-state index contributed by atoms with van der Waals surface area (Å²) < 4.78 is 0. The van der Waals surface area contributed by atoms with Crippen LogP contribution in [0.5, 0.6) is 0 Å². The minimum atomic E-state index is -0.449. The van der Waals surface area contributed by atoms with Gasteiger partial charge in [0.1, 0.15) is 0 Å². The zero-order valence-electron chi connectivity index (χ0n) is 16.5. The summed E-state index contributed by atoms with van der Waals surface area (Å²) >= 11 is 1.60. The lowest BCUT2D eigenvalue weighted by molar-refractivity contribution is 0.0844. The molecule has 9 heteroatoms. The third-order valence-electron chi connectivity index (χ3n) is 5.10. The van der Waals surface area contributed by atoms with Crippen LogP contribution in [0.15, 0.2) is 59.8 Å². The van der Waals surface area contributed by atoms with Crippen molar-refractivity contribution in [3.05, 3.63) is 77.1 Å². The van der Waals surface area contributed by atoms with Crippen LogP contribution in [0.25, 0.3) is 11.0 Å². The second-order valence-electron chi connectivity index (χ2n) is 7.44. The molecule has 1 saturated carbocycles. The van der Waals surface area contributed by atoms with Crippen LogP contribution in [0, 0.1) is 0 Å². The standard InChI is InChI=1S/C22H20N6O2S/c29-20(27-28-21(30)19-11-18(25-26-19)14-9-10-14)15-7-5-13(6-8-15)12-31-22-23-16-3-1-2-4-17(16)24-22/h1-8,11,14H,9-10,12H2,(H,23,24)(H,25,26)(H,27,29)(H,28,30). The van der Waals surface area contributed by atoms with E-state index in [0.29, 0.717) is 11.5 Å². The molecule has 2 aromatic carbocycles. The van der Waals surface area contributed by atoms with Gasteiger partial charge in [0, 0.05) is 22.9 Å². The topological polar surface area (TPSA) is 116 Å². The predicted octanol–water partition coefficient (Wildman–Crippen LogP) is 3.53. The van der Waals surface area contributed by atoms with E-state index in [1.807, 2.05) is 36.4 Å². The average molecular weight is 433 g/mol. The number of hydrogen-bond donors (Lipinski definition) is 4. The first-order chi connectivity index (χ1) is 15.2. The number of rotatable bonds is 6. The first kappa shape index (κ1) is 19.4. The molecule has 0 bridgehead atoms. The Morgan fingerprint density at radius 1 is 1.03 bits per heavy atom. The number of hydrazine groups is 1. The van der Waals surface area contributed by atoms with Gasteiger partial charge in [-0.25, -0.2) is 4.98 Å². The van der Waals surface area contributed by atoms with Crippen molar-refractivity contribution in [1.82, 2.24) is 31.0 Å². The van der Waals surface area contributed by atoms with Gasteiger partial charge < -0.3 is 4.98 Å². The first-order valence-electron chi connectivity index (χ1n) is 9.98. The maximum absolute atomic E-state index is 12.3. The Morgan fingerprint density at radius 2 is 1.81 bits per heavy atom. The maximum Gasteiger partial charge on any atom is 0.290 e. The summed E-state index contributed by atoms with van der Waals surface area (Å²) in [5.74, 6) is 0.367. The van der Waals surface area contributed by atoms with Crippen LogP contribution in [-0.4, -0.2) is 32.0 Å². The molecule has 0 atom stereocenters. The molecular weight excluding hydrogens is 412 g/mol. The van der Waals surface area contributed by atoms with E-state index >= 15 is 0 Å². The molecule has 0 radical (unpaired) electrons. The van der Waals surface area contributed by atoms with E-state index in [2.05, 4.69) is 31.0 Å². The highest BCUT2D eigenvalue weighted by atomic mass is 32.2. The number of fused-ring (bicyclic) bond motifs is 1.